The number of nitrogens with one attached hydrogen (secondary N) is 1. The van der Waals surface area contributed by atoms with Crippen LogP contribution in [0.1, 0.15) is 11.6 Å². The average Bonchev–Trinajstić information content (AvgIpc) is 2.59. The van der Waals surface area contributed by atoms with Crippen LogP contribution in [0.3, 0.4) is 0 Å². The molecule has 0 aliphatic carbocycles. The Hall–Kier alpha value is -1.23. The first-order valence-corrected chi connectivity index (χ1v) is 5.76. The third-order valence-electron chi connectivity index (χ3n) is 2.68. The molecule has 1 aliphatic rings. The lowest BCUT2D eigenvalue weighted by Gasteiger charge is -2.11. The largest absolute Gasteiger partial charge is 0.496 e. The molecule has 0 bridgehead atoms. The monoisotopic (exact) mass is 284 g/mol. The van der Waals surface area contributed by atoms with Crippen molar-refractivity contribution in [3.05, 3.63) is 28.2 Å². The van der Waals surface area contributed by atoms with Gasteiger partial charge in [0.25, 0.3) is 0 Å². The van der Waals surface area contributed by atoms with E-state index in [1.165, 1.54) is 0 Å². The molecule has 2 amide bonds. The normalized spacial score (nSPS) is 19.8. The van der Waals surface area contributed by atoms with Crippen molar-refractivity contribution in [1.29, 1.82) is 0 Å². The number of ether oxygens (including phenoxy) is 1. The Balaban J connectivity index is 2.22. The lowest BCUT2D eigenvalue weighted by atomic mass is 10.1. The molecule has 86 valence electrons. The SMILES string of the molecule is COc1ccc(C2CN(C)C(=O)N2)cc1Br. The minimum atomic E-state index is -0.0306. The van der Waals surface area contributed by atoms with Crippen molar-refractivity contribution >= 4 is 22.0 Å². The summed E-state index contributed by atoms with van der Waals surface area (Å²) in [6.07, 6.45) is 0. The summed E-state index contributed by atoms with van der Waals surface area (Å²) in [5.74, 6) is 0.793. The van der Waals surface area contributed by atoms with Gasteiger partial charge < -0.3 is 15.0 Å². The summed E-state index contributed by atoms with van der Waals surface area (Å²) in [5.41, 5.74) is 1.07. The van der Waals surface area contributed by atoms with E-state index in [0.29, 0.717) is 6.54 Å². The molecule has 1 unspecified atom stereocenters. The van der Waals surface area contributed by atoms with Gasteiger partial charge in [-0.25, -0.2) is 4.79 Å². The topological polar surface area (TPSA) is 41.6 Å². The van der Waals surface area contributed by atoms with Crippen molar-refractivity contribution in [2.75, 3.05) is 20.7 Å². The maximum atomic E-state index is 11.3. The molecule has 0 saturated carbocycles. The number of hydrogen-bond donors (Lipinski definition) is 1. The van der Waals surface area contributed by atoms with Crippen molar-refractivity contribution < 1.29 is 9.53 Å². The van der Waals surface area contributed by atoms with Crippen molar-refractivity contribution in [3.8, 4) is 5.75 Å². The van der Waals surface area contributed by atoms with Crippen LogP contribution in [0.2, 0.25) is 0 Å². The van der Waals surface area contributed by atoms with Gasteiger partial charge >= 0.3 is 6.03 Å². The molecule has 0 spiro atoms. The predicted molar refractivity (Wildman–Crippen MR) is 64.6 cm³/mol. The lowest BCUT2D eigenvalue weighted by molar-refractivity contribution is 0.226. The number of carbonyl (C=O) groups is 1. The van der Waals surface area contributed by atoms with Gasteiger partial charge in [0.2, 0.25) is 0 Å². The Labute approximate surface area is 103 Å². The van der Waals surface area contributed by atoms with E-state index in [0.717, 1.165) is 15.8 Å². The Bertz CT molecular complexity index is 422. The summed E-state index contributed by atoms with van der Waals surface area (Å²) in [6, 6.07) is 5.86. The fraction of sp³-hybridized carbons (Fsp3) is 0.364. The lowest BCUT2D eigenvalue weighted by Crippen LogP contribution is -2.23. The molecule has 1 fully saturated rings. The zero-order valence-corrected chi connectivity index (χ0v) is 10.7. The molecule has 1 saturated heterocycles. The molecule has 1 aliphatic heterocycles. The molecule has 4 nitrogen and oxygen atoms in total. The quantitative estimate of drug-likeness (QED) is 0.904. The van der Waals surface area contributed by atoms with E-state index in [2.05, 4.69) is 21.2 Å². The fourth-order valence-corrected chi connectivity index (χ4v) is 2.31. The number of amides is 2. The van der Waals surface area contributed by atoms with Crippen LogP contribution < -0.4 is 10.1 Å². The molecule has 2 rings (SSSR count). The van der Waals surface area contributed by atoms with E-state index in [1.54, 1.807) is 19.1 Å². The number of benzene rings is 1. The highest BCUT2D eigenvalue weighted by molar-refractivity contribution is 9.10. The van der Waals surface area contributed by atoms with Crippen LogP contribution in [0, 0.1) is 0 Å². The zero-order valence-electron chi connectivity index (χ0n) is 9.16. The Morgan fingerprint density at radius 2 is 2.31 bits per heavy atom. The van der Waals surface area contributed by atoms with Gasteiger partial charge in [0.15, 0.2) is 0 Å². The van der Waals surface area contributed by atoms with Gasteiger partial charge in [0, 0.05) is 13.6 Å². The van der Waals surface area contributed by atoms with E-state index < -0.39 is 0 Å². The molecule has 1 atom stereocenters. The molecule has 1 heterocycles. The highest BCUT2D eigenvalue weighted by Crippen LogP contribution is 2.29. The molecule has 16 heavy (non-hydrogen) atoms. The second-order valence-electron chi connectivity index (χ2n) is 3.78. The Morgan fingerprint density at radius 3 is 2.81 bits per heavy atom. The number of urea groups is 1. The van der Waals surface area contributed by atoms with Gasteiger partial charge in [-0.3, -0.25) is 0 Å². The predicted octanol–water partition coefficient (Wildman–Crippen LogP) is 2.15. The van der Waals surface area contributed by atoms with E-state index in [9.17, 15) is 4.79 Å². The van der Waals surface area contributed by atoms with Crippen LogP contribution in [0.4, 0.5) is 4.79 Å². The van der Waals surface area contributed by atoms with Crippen LogP contribution in [-0.4, -0.2) is 31.6 Å². The summed E-state index contributed by atoms with van der Waals surface area (Å²) < 4.78 is 6.06. The smallest absolute Gasteiger partial charge is 0.317 e. The molecule has 1 N–H and O–H groups in total. The van der Waals surface area contributed by atoms with Crippen molar-refractivity contribution in [2.24, 2.45) is 0 Å². The van der Waals surface area contributed by atoms with Crippen LogP contribution in [-0.2, 0) is 0 Å². The molecular weight excluding hydrogens is 272 g/mol. The molecule has 0 radical (unpaired) electrons. The number of nitrogens with zero attached hydrogens (tertiary/aromatic N) is 1. The Morgan fingerprint density at radius 1 is 1.56 bits per heavy atom. The average molecular weight is 285 g/mol. The number of likely N-dealkylation sites (N-methyl/N-ethyl adjacent to an activating group) is 1. The minimum absolute atomic E-state index is 0.0306. The van der Waals surface area contributed by atoms with Crippen molar-refractivity contribution in [1.82, 2.24) is 10.2 Å². The Kier molecular flexibility index (Phi) is 3.05. The molecule has 1 aromatic carbocycles. The highest BCUT2D eigenvalue weighted by Gasteiger charge is 2.26. The summed E-state index contributed by atoms with van der Waals surface area (Å²) >= 11 is 3.43. The van der Waals surface area contributed by atoms with E-state index in [-0.39, 0.29) is 12.1 Å². The number of methoxy groups -OCH3 is 1. The van der Waals surface area contributed by atoms with Crippen molar-refractivity contribution in [3.63, 3.8) is 0 Å². The summed E-state index contributed by atoms with van der Waals surface area (Å²) in [5, 5.41) is 2.91. The van der Waals surface area contributed by atoms with Crippen LogP contribution in [0.25, 0.3) is 0 Å². The highest BCUT2D eigenvalue weighted by atomic mass is 79.9. The number of hydrogen-bond acceptors (Lipinski definition) is 2. The first-order chi connectivity index (χ1) is 7.61. The zero-order chi connectivity index (χ0) is 11.7. The van der Waals surface area contributed by atoms with Crippen molar-refractivity contribution in [2.45, 2.75) is 6.04 Å². The molecule has 0 aromatic heterocycles. The fourth-order valence-electron chi connectivity index (χ4n) is 1.75. The molecular formula is C11H13BrN2O2. The number of halogens is 1. The van der Waals surface area contributed by atoms with E-state index >= 15 is 0 Å². The third-order valence-corrected chi connectivity index (χ3v) is 3.30. The first kappa shape index (κ1) is 11.3. The third kappa shape index (κ3) is 2.00. The first-order valence-electron chi connectivity index (χ1n) is 4.97. The second kappa shape index (κ2) is 4.33. The summed E-state index contributed by atoms with van der Waals surface area (Å²) in [4.78, 5) is 13.0. The van der Waals surface area contributed by atoms with Gasteiger partial charge in [0.1, 0.15) is 5.75 Å². The van der Waals surface area contributed by atoms with Gasteiger partial charge in [-0.15, -0.1) is 0 Å². The number of carbonyl (C=O) groups excluding carboxylic acids is 1. The summed E-state index contributed by atoms with van der Waals surface area (Å²) in [6.45, 7) is 0.692. The van der Waals surface area contributed by atoms with Gasteiger partial charge in [-0.05, 0) is 33.6 Å². The molecule has 5 heteroatoms. The van der Waals surface area contributed by atoms with Gasteiger partial charge in [0.05, 0.1) is 17.6 Å². The summed E-state index contributed by atoms with van der Waals surface area (Å²) in [7, 11) is 3.42. The van der Waals surface area contributed by atoms with Crippen LogP contribution in [0.15, 0.2) is 22.7 Å². The van der Waals surface area contributed by atoms with E-state index in [1.807, 2.05) is 18.2 Å². The van der Waals surface area contributed by atoms with Gasteiger partial charge in [-0.2, -0.15) is 0 Å². The van der Waals surface area contributed by atoms with Crippen LogP contribution in [0.5, 0.6) is 5.75 Å². The minimum Gasteiger partial charge on any atom is -0.496 e. The maximum absolute atomic E-state index is 11.3. The number of rotatable bonds is 2. The van der Waals surface area contributed by atoms with Gasteiger partial charge in [-0.1, -0.05) is 6.07 Å². The van der Waals surface area contributed by atoms with Crippen LogP contribution >= 0.6 is 15.9 Å². The second-order valence-corrected chi connectivity index (χ2v) is 4.63. The van der Waals surface area contributed by atoms with E-state index in [4.69, 9.17) is 4.74 Å². The maximum Gasteiger partial charge on any atom is 0.317 e. The molecule has 1 aromatic rings. The standard InChI is InChI=1S/C11H13BrN2O2/c1-14-6-9(13-11(14)15)7-3-4-10(16-2)8(12)5-7/h3-5,9H,6H2,1-2H3,(H,13,15).